The van der Waals surface area contributed by atoms with E-state index in [1.165, 1.54) is 12.3 Å². The molecule has 0 radical (unpaired) electrons. The average molecular weight is 294 g/mol. The van der Waals surface area contributed by atoms with Crippen LogP contribution < -0.4 is 5.32 Å². The van der Waals surface area contributed by atoms with Crippen LogP contribution in [0.4, 0.5) is 4.39 Å². The number of rotatable bonds is 6. The Bertz CT molecular complexity index is 505. The Morgan fingerprint density at radius 2 is 2.11 bits per heavy atom. The molecule has 0 heterocycles. The maximum Gasteiger partial charge on any atom is 0.147 e. The molecule has 1 unspecified atom stereocenters. The summed E-state index contributed by atoms with van der Waals surface area (Å²) < 4.78 is 35.1. The fourth-order valence-corrected chi connectivity index (χ4v) is 2.64. The molecule has 1 aromatic carbocycles. The van der Waals surface area contributed by atoms with Crippen LogP contribution >= 0.6 is 11.6 Å². The smallest absolute Gasteiger partial charge is 0.147 e. The van der Waals surface area contributed by atoms with Crippen LogP contribution in [0.1, 0.15) is 24.4 Å². The third-order valence-electron chi connectivity index (χ3n) is 2.70. The highest BCUT2D eigenvalue weighted by atomic mass is 35.5. The number of benzene rings is 1. The van der Waals surface area contributed by atoms with E-state index in [0.29, 0.717) is 12.8 Å². The summed E-state index contributed by atoms with van der Waals surface area (Å²) in [6.45, 7) is 0. The van der Waals surface area contributed by atoms with Crippen LogP contribution in [0, 0.1) is 5.82 Å². The zero-order chi connectivity index (χ0) is 13.8. The van der Waals surface area contributed by atoms with Crippen molar-refractivity contribution in [2.24, 2.45) is 0 Å². The summed E-state index contributed by atoms with van der Waals surface area (Å²) in [6.07, 6.45) is 2.43. The fourth-order valence-electron chi connectivity index (χ4n) is 1.76. The van der Waals surface area contributed by atoms with Gasteiger partial charge in [-0.15, -0.1) is 0 Å². The second-order valence-corrected chi connectivity index (χ2v) is 6.95. The molecule has 1 rings (SSSR count). The lowest BCUT2D eigenvalue weighted by molar-refractivity contribution is 0.534. The number of hydrogen-bond donors (Lipinski definition) is 1. The van der Waals surface area contributed by atoms with E-state index in [2.05, 4.69) is 5.32 Å². The highest BCUT2D eigenvalue weighted by Gasteiger charge is 2.12. The van der Waals surface area contributed by atoms with Crippen molar-refractivity contribution in [3.63, 3.8) is 0 Å². The van der Waals surface area contributed by atoms with Crippen molar-refractivity contribution >= 4 is 21.4 Å². The summed E-state index contributed by atoms with van der Waals surface area (Å²) in [6, 6.07) is 4.52. The second-order valence-electron chi connectivity index (χ2n) is 4.29. The summed E-state index contributed by atoms with van der Waals surface area (Å²) >= 11 is 5.72. The lowest BCUT2D eigenvalue weighted by atomic mass is 10.0. The molecule has 0 bridgehead atoms. The Morgan fingerprint density at radius 3 is 2.61 bits per heavy atom. The van der Waals surface area contributed by atoms with E-state index in [1.54, 1.807) is 19.2 Å². The molecule has 0 saturated heterocycles. The van der Waals surface area contributed by atoms with Gasteiger partial charge in [0.1, 0.15) is 15.7 Å². The SMILES string of the molecule is CNC(CCCS(C)(=O)=O)c1ccc(F)c(Cl)c1. The largest absolute Gasteiger partial charge is 0.313 e. The molecule has 6 heteroatoms. The molecular weight excluding hydrogens is 277 g/mol. The van der Waals surface area contributed by atoms with E-state index >= 15 is 0 Å². The Balaban J connectivity index is 2.68. The standard InChI is InChI=1S/C12H17ClFNO2S/c1-15-12(4-3-7-18(2,16)17)9-5-6-11(14)10(13)8-9/h5-6,8,12,15H,3-4,7H2,1-2H3. The Morgan fingerprint density at radius 1 is 1.44 bits per heavy atom. The summed E-state index contributed by atoms with van der Waals surface area (Å²) in [5, 5.41) is 3.15. The average Bonchev–Trinajstić information content (AvgIpc) is 2.27. The van der Waals surface area contributed by atoms with E-state index in [9.17, 15) is 12.8 Å². The normalized spacial score (nSPS) is 13.6. The second kappa shape index (κ2) is 6.50. The third kappa shape index (κ3) is 4.92. The van der Waals surface area contributed by atoms with Gasteiger partial charge in [-0.25, -0.2) is 12.8 Å². The molecule has 0 aliphatic rings. The van der Waals surface area contributed by atoms with Gasteiger partial charge in [-0.05, 0) is 37.6 Å². The molecule has 102 valence electrons. The van der Waals surface area contributed by atoms with E-state index in [1.807, 2.05) is 0 Å². The number of halogens is 2. The van der Waals surface area contributed by atoms with Gasteiger partial charge in [0, 0.05) is 18.1 Å². The molecule has 18 heavy (non-hydrogen) atoms. The molecular formula is C12H17ClFNO2S. The molecule has 0 fully saturated rings. The number of sulfone groups is 1. The molecule has 0 aliphatic heterocycles. The monoisotopic (exact) mass is 293 g/mol. The van der Waals surface area contributed by atoms with Crippen LogP contribution in [0.25, 0.3) is 0 Å². The Kier molecular flexibility index (Phi) is 5.56. The van der Waals surface area contributed by atoms with Crippen molar-refractivity contribution in [1.82, 2.24) is 5.32 Å². The van der Waals surface area contributed by atoms with E-state index in [-0.39, 0.29) is 16.8 Å². The first-order chi connectivity index (χ1) is 8.33. The molecule has 1 N–H and O–H groups in total. The summed E-state index contributed by atoms with van der Waals surface area (Å²) in [4.78, 5) is 0. The maximum absolute atomic E-state index is 13.0. The Labute approximate surface area is 112 Å². The molecule has 0 aliphatic carbocycles. The lowest BCUT2D eigenvalue weighted by Gasteiger charge is -2.16. The van der Waals surface area contributed by atoms with E-state index < -0.39 is 15.7 Å². The zero-order valence-electron chi connectivity index (χ0n) is 10.4. The predicted octanol–water partition coefficient (Wildman–Crippen LogP) is 2.56. The minimum absolute atomic E-state index is 0.0233. The highest BCUT2D eigenvalue weighted by molar-refractivity contribution is 7.90. The predicted molar refractivity (Wildman–Crippen MR) is 72.2 cm³/mol. The molecule has 1 atom stereocenters. The van der Waals surface area contributed by atoms with Crippen LogP contribution in [-0.4, -0.2) is 27.5 Å². The van der Waals surface area contributed by atoms with Crippen molar-refractivity contribution < 1.29 is 12.8 Å². The van der Waals surface area contributed by atoms with Crippen molar-refractivity contribution in [2.75, 3.05) is 19.1 Å². The first-order valence-corrected chi connectivity index (χ1v) is 8.07. The molecule has 0 amide bonds. The first-order valence-electron chi connectivity index (χ1n) is 5.63. The third-order valence-corrected chi connectivity index (χ3v) is 4.02. The van der Waals surface area contributed by atoms with Crippen LogP contribution in [0.2, 0.25) is 5.02 Å². The van der Waals surface area contributed by atoms with Gasteiger partial charge in [0.25, 0.3) is 0 Å². The van der Waals surface area contributed by atoms with Gasteiger partial charge in [0.05, 0.1) is 5.02 Å². The van der Waals surface area contributed by atoms with Crippen LogP contribution in [0.5, 0.6) is 0 Å². The highest BCUT2D eigenvalue weighted by Crippen LogP contribution is 2.23. The van der Waals surface area contributed by atoms with Crippen molar-refractivity contribution in [3.8, 4) is 0 Å². The van der Waals surface area contributed by atoms with Crippen molar-refractivity contribution in [1.29, 1.82) is 0 Å². The van der Waals surface area contributed by atoms with Crippen LogP contribution in [0.3, 0.4) is 0 Å². The van der Waals surface area contributed by atoms with Gasteiger partial charge in [-0.2, -0.15) is 0 Å². The maximum atomic E-state index is 13.0. The summed E-state index contributed by atoms with van der Waals surface area (Å²) in [5.41, 5.74) is 0.859. The molecule has 0 aromatic heterocycles. The van der Waals surface area contributed by atoms with Gasteiger partial charge in [-0.1, -0.05) is 17.7 Å². The Hall–Kier alpha value is -0.650. The van der Waals surface area contributed by atoms with Gasteiger partial charge in [-0.3, -0.25) is 0 Å². The zero-order valence-corrected chi connectivity index (χ0v) is 12.0. The van der Waals surface area contributed by atoms with E-state index in [4.69, 9.17) is 11.6 Å². The number of hydrogen-bond acceptors (Lipinski definition) is 3. The molecule has 1 aromatic rings. The summed E-state index contributed by atoms with van der Waals surface area (Å²) in [7, 11) is -1.16. The molecule has 3 nitrogen and oxygen atoms in total. The van der Waals surface area contributed by atoms with Crippen LogP contribution in [-0.2, 0) is 9.84 Å². The van der Waals surface area contributed by atoms with Crippen molar-refractivity contribution in [2.45, 2.75) is 18.9 Å². The minimum Gasteiger partial charge on any atom is -0.313 e. The van der Waals surface area contributed by atoms with Gasteiger partial charge < -0.3 is 5.32 Å². The summed E-state index contributed by atoms with van der Waals surface area (Å²) in [5.74, 6) is -0.300. The quantitative estimate of drug-likeness (QED) is 0.877. The first kappa shape index (κ1) is 15.4. The molecule has 0 spiro atoms. The minimum atomic E-state index is -2.94. The number of nitrogens with one attached hydrogen (secondary N) is 1. The van der Waals surface area contributed by atoms with Gasteiger partial charge in [0.15, 0.2) is 0 Å². The van der Waals surface area contributed by atoms with Gasteiger partial charge >= 0.3 is 0 Å². The topological polar surface area (TPSA) is 46.2 Å². The van der Waals surface area contributed by atoms with Crippen molar-refractivity contribution in [3.05, 3.63) is 34.6 Å². The molecule has 0 saturated carbocycles. The van der Waals surface area contributed by atoms with Crippen LogP contribution in [0.15, 0.2) is 18.2 Å². The van der Waals surface area contributed by atoms with E-state index in [0.717, 1.165) is 5.56 Å². The lowest BCUT2D eigenvalue weighted by Crippen LogP contribution is -2.17. The fraction of sp³-hybridized carbons (Fsp3) is 0.500. The van der Waals surface area contributed by atoms with Gasteiger partial charge in [0.2, 0.25) is 0 Å².